The van der Waals surface area contributed by atoms with Gasteiger partial charge in [0.2, 0.25) is 6.10 Å². The molecule has 0 radical (unpaired) electrons. The van der Waals surface area contributed by atoms with Crippen molar-refractivity contribution in [3.63, 3.8) is 0 Å². The number of aromatic nitrogens is 2. The van der Waals surface area contributed by atoms with E-state index in [1.165, 1.54) is 7.11 Å². The van der Waals surface area contributed by atoms with Crippen LogP contribution in [0.2, 0.25) is 0 Å². The Kier molecular flexibility index (Phi) is 6.23. The maximum absolute atomic E-state index is 13.1. The number of nitrogens with one attached hydrogen (secondary N) is 2. The van der Waals surface area contributed by atoms with E-state index in [9.17, 15) is 14.4 Å². The molecular weight excluding hydrogens is 442 g/mol. The third kappa shape index (κ3) is 4.63. The van der Waals surface area contributed by atoms with E-state index in [2.05, 4.69) is 15.3 Å². The van der Waals surface area contributed by atoms with Gasteiger partial charge in [0.15, 0.2) is 0 Å². The number of H-pyrrole nitrogens is 1. The van der Waals surface area contributed by atoms with Crippen molar-refractivity contribution in [2.24, 2.45) is 0 Å². The van der Waals surface area contributed by atoms with E-state index in [1.807, 2.05) is 0 Å². The number of hydrogen-bond donors (Lipinski definition) is 2. The number of rotatable bonds is 6. The first-order valence-electron chi connectivity index (χ1n) is 10.1. The maximum Gasteiger partial charge on any atom is 0.349 e. The molecule has 168 valence electrons. The van der Waals surface area contributed by atoms with Crippen molar-refractivity contribution < 1.29 is 19.1 Å². The summed E-state index contributed by atoms with van der Waals surface area (Å²) in [6.07, 6.45) is -1.21. The second-order valence-corrected chi connectivity index (χ2v) is 8.30. The summed E-state index contributed by atoms with van der Waals surface area (Å²) in [5.74, 6) is -0.195. The summed E-state index contributed by atoms with van der Waals surface area (Å²) in [7, 11) is 1.53. The van der Waals surface area contributed by atoms with E-state index in [0.29, 0.717) is 38.6 Å². The Morgan fingerprint density at radius 2 is 1.85 bits per heavy atom. The van der Waals surface area contributed by atoms with Gasteiger partial charge in [0.1, 0.15) is 21.3 Å². The van der Waals surface area contributed by atoms with Crippen LogP contribution in [0.1, 0.15) is 32.7 Å². The van der Waals surface area contributed by atoms with Crippen molar-refractivity contribution >= 4 is 39.1 Å². The number of thiophene rings is 1. The highest BCUT2D eigenvalue weighted by atomic mass is 32.1. The van der Waals surface area contributed by atoms with Gasteiger partial charge < -0.3 is 19.8 Å². The van der Waals surface area contributed by atoms with Gasteiger partial charge in [0.25, 0.3) is 11.5 Å². The number of methoxy groups -OCH3 is 1. The number of nitrogens with zero attached hydrogens (tertiary/aromatic N) is 1. The van der Waals surface area contributed by atoms with Crippen LogP contribution in [-0.4, -0.2) is 29.0 Å². The number of aromatic amines is 1. The summed E-state index contributed by atoms with van der Waals surface area (Å²) < 4.78 is 10.9. The average molecular weight is 464 g/mol. The van der Waals surface area contributed by atoms with Gasteiger partial charge in [0, 0.05) is 17.3 Å². The van der Waals surface area contributed by atoms with Gasteiger partial charge in [-0.25, -0.2) is 9.78 Å². The number of aryl methyl sites for hydroxylation is 2. The number of hydrogen-bond acceptors (Lipinski definition) is 7. The lowest BCUT2D eigenvalue weighted by molar-refractivity contribution is -0.125. The number of anilines is 1. The van der Waals surface area contributed by atoms with Crippen LogP contribution in [-0.2, 0) is 9.53 Å². The number of carbonyl (C=O) groups excluding carboxylic acids is 2. The molecule has 0 bridgehead atoms. The normalized spacial score (nSPS) is 11.7. The van der Waals surface area contributed by atoms with Crippen LogP contribution < -0.4 is 15.6 Å². The Labute approximate surface area is 193 Å². The molecule has 0 aliphatic carbocycles. The standard InChI is InChI=1S/C24H21N3O5S/c1-13-18-21(28)25-14(2)26-23(18)33-20(13)24(30)32-19(15-8-5-4-6-9-15)22(29)27-16-10-7-11-17(12-16)31-3/h4-12,19H,1-3H3,(H,27,29)(H,25,26,28). The second kappa shape index (κ2) is 9.25. The van der Waals surface area contributed by atoms with Crippen molar-refractivity contribution in [3.8, 4) is 5.75 Å². The molecule has 0 aliphatic heterocycles. The average Bonchev–Trinajstić information content (AvgIpc) is 3.14. The van der Waals surface area contributed by atoms with Crippen LogP contribution in [0.4, 0.5) is 5.69 Å². The number of carbonyl (C=O) groups is 2. The largest absolute Gasteiger partial charge is 0.497 e. The van der Waals surface area contributed by atoms with E-state index in [-0.39, 0.29) is 10.4 Å². The molecule has 1 amide bonds. The molecule has 0 fully saturated rings. The van der Waals surface area contributed by atoms with Crippen molar-refractivity contribution in [2.75, 3.05) is 12.4 Å². The number of ether oxygens (including phenoxy) is 2. The number of fused-ring (bicyclic) bond motifs is 1. The van der Waals surface area contributed by atoms with Crippen LogP contribution in [0.15, 0.2) is 59.4 Å². The summed E-state index contributed by atoms with van der Waals surface area (Å²) in [4.78, 5) is 46.2. The Hall–Kier alpha value is -3.98. The molecule has 1 unspecified atom stereocenters. The molecule has 2 aromatic carbocycles. The predicted octanol–water partition coefficient (Wildman–Crippen LogP) is 4.15. The van der Waals surface area contributed by atoms with Crippen molar-refractivity contribution in [1.82, 2.24) is 9.97 Å². The van der Waals surface area contributed by atoms with Crippen LogP contribution in [0, 0.1) is 13.8 Å². The molecular formula is C24H21N3O5S. The topological polar surface area (TPSA) is 110 Å². The van der Waals surface area contributed by atoms with Gasteiger partial charge >= 0.3 is 5.97 Å². The first-order chi connectivity index (χ1) is 15.9. The zero-order valence-electron chi connectivity index (χ0n) is 18.2. The van der Waals surface area contributed by atoms with Gasteiger partial charge in [-0.05, 0) is 31.5 Å². The molecule has 8 nitrogen and oxygen atoms in total. The Morgan fingerprint density at radius 3 is 2.58 bits per heavy atom. The predicted molar refractivity (Wildman–Crippen MR) is 126 cm³/mol. The highest BCUT2D eigenvalue weighted by Crippen LogP contribution is 2.30. The first-order valence-corrected chi connectivity index (χ1v) is 10.9. The fourth-order valence-electron chi connectivity index (χ4n) is 3.42. The second-order valence-electron chi connectivity index (χ2n) is 7.30. The number of benzene rings is 2. The minimum Gasteiger partial charge on any atom is -0.497 e. The van der Waals surface area contributed by atoms with Crippen molar-refractivity contribution in [2.45, 2.75) is 20.0 Å². The number of esters is 1. The molecule has 4 aromatic rings. The zero-order valence-corrected chi connectivity index (χ0v) is 19.0. The van der Waals surface area contributed by atoms with Gasteiger partial charge in [0.05, 0.1) is 12.5 Å². The smallest absolute Gasteiger partial charge is 0.349 e. The molecule has 0 saturated heterocycles. The molecule has 9 heteroatoms. The molecule has 2 aromatic heterocycles. The fraction of sp³-hybridized carbons (Fsp3) is 0.167. The van der Waals surface area contributed by atoms with Crippen LogP contribution in [0.25, 0.3) is 10.2 Å². The highest BCUT2D eigenvalue weighted by Gasteiger charge is 2.28. The Balaban J connectivity index is 1.66. The third-order valence-electron chi connectivity index (χ3n) is 5.01. The zero-order chi connectivity index (χ0) is 23.5. The minimum absolute atomic E-state index is 0.226. The lowest BCUT2D eigenvalue weighted by Gasteiger charge is -2.18. The van der Waals surface area contributed by atoms with Gasteiger partial charge in [-0.2, -0.15) is 0 Å². The molecule has 33 heavy (non-hydrogen) atoms. The van der Waals surface area contributed by atoms with Crippen molar-refractivity contribution in [1.29, 1.82) is 0 Å². The lowest BCUT2D eigenvalue weighted by atomic mass is 10.1. The number of amides is 1. The van der Waals surface area contributed by atoms with Crippen molar-refractivity contribution in [3.05, 3.63) is 86.8 Å². The molecule has 2 heterocycles. The molecule has 1 atom stereocenters. The molecule has 0 saturated carbocycles. The SMILES string of the molecule is COc1cccc(NC(=O)C(OC(=O)c2sc3nc(C)[nH]c(=O)c3c2C)c2ccccc2)c1. The quantitative estimate of drug-likeness (QED) is 0.416. The van der Waals surface area contributed by atoms with Gasteiger partial charge in [-0.3, -0.25) is 9.59 Å². The van der Waals surface area contributed by atoms with Gasteiger partial charge in [-0.1, -0.05) is 36.4 Å². The minimum atomic E-state index is -1.21. The lowest BCUT2D eigenvalue weighted by Crippen LogP contribution is -2.26. The monoisotopic (exact) mass is 463 g/mol. The molecule has 0 aliphatic rings. The molecule has 4 rings (SSSR count). The van der Waals surface area contributed by atoms with Crippen LogP contribution >= 0.6 is 11.3 Å². The summed E-state index contributed by atoms with van der Waals surface area (Å²) in [6.45, 7) is 3.33. The Bertz CT molecular complexity index is 1390. The van der Waals surface area contributed by atoms with E-state index >= 15 is 0 Å². The Morgan fingerprint density at radius 1 is 1.09 bits per heavy atom. The van der Waals surface area contributed by atoms with Crippen LogP contribution in [0.5, 0.6) is 5.75 Å². The first kappa shape index (κ1) is 22.2. The summed E-state index contributed by atoms with van der Waals surface area (Å²) in [5, 5.41) is 3.11. The summed E-state index contributed by atoms with van der Waals surface area (Å²) >= 11 is 1.06. The maximum atomic E-state index is 13.1. The van der Waals surface area contributed by atoms with E-state index in [4.69, 9.17) is 9.47 Å². The molecule has 2 N–H and O–H groups in total. The van der Waals surface area contributed by atoms with Crippen LogP contribution in [0.3, 0.4) is 0 Å². The summed E-state index contributed by atoms with van der Waals surface area (Å²) in [5.41, 5.74) is 1.16. The summed E-state index contributed by atoms with van der Waals surface area (Å²) in [6, 6.07) is 15.6. The van der Waals surface area contributed by atoms with Gasteiger partial charge in [-0.15, -0.1) is 11.3 Å². The molecule has 0 spiro atoms. The van der Waals surface area contributed by atoms with E-state index < -0.39 is 18.0 Å². The third-order valence-corrected chi connectivity index (χ3v) is 6.17. The van der Waals surface area contributed by atoms with E-state index in [0.717, 1.165) is 11.3 Å². The fourth-order valence-corrected chi connectivity index (χ4v) is 4.53. The van der Waals surface area contributed by atoms with E-state index in [1.54, 1.807) is 68.4 Å². The highest BCUT2D eigenvalue weighted by molar-refractivity contribution is 7.20.